The minimum Gasteiger partial charge on any atom is -0.367 e. The minimum absolute atomic E-state index is 0.0182. The van der Waals surface area contributed by atoms with Gasteiger partial charge in [0, 0.05) is 62.3 Å². The first-order chi connectivity index (χ1) is 21.2. The molecule has 4 aromatic rings. The molecule has 2 saturated carbocycles. The smallest absolute Gasteiger partial charge is 0.253 e. The van der Waals surface area contributed by atoms with Crippen LogP contribution in [0.25, 0.3) is 11.9 Å². The van der Waals surface area contributed by atoms with E-state index in [1.165, 1.54) is 15.4 Å². The van der Waals surface area contributed by atoms with Crippen molar-refractivity contribution >= 4 is 40.6 Å². The van der Waals surface area contributed by atoms with Crippen LogP contribution in [0.1, 0.15) is 62.8 Å². The number of anilines is 1. The predicted molar refractivity (Wildman–Crippen MR) is 165 cm³/mol. The van der Waals surface area contributed by atoms with Gasteiger partial charge in [-0.15, -0.1) is 0 Å². The summed E-state index contributed by atoms with van der Waals surface area (Å²) in [6, 6.07) is 6.73. The molecule has 45 heavy (non-hydrogen) atoms. The molecular formula is C28H33Cl3F4N10. The SMILES string of the molecule is Cc1ccn(-c2nc(Cl)cc(Cl)n2)n1.Cc1ccn(-c2nc(Cl)cc(NC3CCC(F)(F)CC3)n2)n1.NC1CCC(F)(F)CC1. The zero-order valence-electron chi connectivity index (χ0n) is 24.6. The van der Waals surface area contributed by atoms with Gasteiger partial charge in [-0.3, -0.25) is 0 Å². The molecule has 2 fully saturated rings. The summed E-state index contributed by atoms with van der Waals surface area (Å²) in [6.07, 6.45) is 5.02. The van der Waals surface area contributed by atoms with Gasteiger partial charge < -0.3 is 11.1 Å². The van der Waals surface area contributed by atoms with Crippen molar-refractivity contribution in [1.29, 1.82) is 0 Å². The molecule has 0 spiro atoms. The summed E-state index contributed by atoms with van der Waals surface area (Å²) in [5.41, 5.74) is 7.14. The Bertz CT molecular complexity index is 1520. The van der Waals surface area contributed by atoms with Gasteiger partial charge in [0.05, 0.1) is 11.4 Å². The third kappa shape index (κ3) is 11.0. The number of halogens is 7. The van der Waals surface area contributed by atoms with Crippen molar-refractivity contribution in [2.75, 3.05) is 5.32 Å². The number of nitrogens with one attached hydrogen (secondary N) is 1. The number of nitrogens with two attached hydrogens (primary N) is 1. The second-order valence-corrected chi connectivity index (χ2v) is 12.1. The Balaban J connectivity index is 0.000000171. The second kappa shape index (κ2) is 15.0. The average molecular weight is 692 g/mol. The molecule has 17 heteroatoms. The van der Waals surface area contributed by atoms with E-state index < -0.39 is 11.8 Å². The largest absolute Gasteiger partial charge is 0.367 e. The van der Waals surface area contributed by atoms with E-state index in [4.69, 9.17) is 40.5 Å². The molecule has 0 saturated heterocycles. The number of aryl methyl sites for hydroxylation is 2. The van der Waals surface area contributed by atoms with Crippen molar-refractivity contribution in [2.24, 2.45) is 5.73 Å². The van der Waals surface area contributed by atoms with Crippen LogP contribution in [0, 0.1) is 13.8 Å². The fourth-order valence-electron chi connectivity index (χ4n) is 4.57. The first-order valence-electron chi connectivity index (χ1n) is 14.2. The Hall–Kier alpha value is -3.07. The fraction of sp³-hybridized carbons (Fsp3) is 0.500. The molecule has 4 heterocycles. The van der Waals surface area contributed by atoms with E-state index >= 15 is 0 Å². The lowest BCUT2D eigenvalue weighted by Crippen LogP contribution is -2.32. The van der Waals surface area contributed by atoms with Crippen LogP contribution in [0.4, 0.5) is 23.4 Å². The van der Waals surface area contributed by atoms with Gasteiger partial charge in [0.2, 0.25) is 11.8 Å². The summed E-state index contributed by atoms with van der Waals surface area (Å²) < 4.78 is 54.1. The van der Waals surface area contributed by atoms with Crippen LogP contribution >= 0.6 is 34.8 Å². The van der Waals surface area contributed by atoms with Crippen LogP contribution in [0.15, 0.2) is 36.7 Å². The molecule has 0 amide bonds. The molecule has 0 bridgehead atoms. The van der Waals surface area contributed by atoms with Crippen molar-refractivity contribution in [2.45, 2.75) is 89.1 Å². The monoisotopic (exact) mass is 690 g/mol. The number of rotatable bonds is 4. The van der Waals surface area contributed by atoms with E-state index in [2.05, 4.69) is 35.5 Å². The number of aromatic nitrogens is 8. The van der Waals surface area contributed by atoms with Gasteiger partial charge in [0.15, 0.2) is 0 Å². The molecule has 0 unspecified atom stereocenters. The summed E-state index contributed by atoms with van der Waals surface area (Å²) >= 11 is 17.5. The lowest BCUT2D eigenvalue weighted by molar-refractivity contribution is -0.0377. The molecule has 244 valence electrons. The van der Waals surface area contributed by atoms with Crippen molar-refractivity contribution in [3.8, 4) is 11.9 Å². The highest BCUT2D eigenvalue weighted by molar-refractivity contribution is 6.33. The Morgan fingerprint density at radius 2 is 1.13 bits per heavy atom. The Kier molecular flexibility index (Phi) is 11.6. The average Bonchev–Trinajstić information content (AvgIpc) is 3.60. The number of alkyl halides is 4. The number of nitrogens with zero attached hydrogens (tertiary/aromatic N) is 8. The van der Waals surface area contributed by atoms with E-state index in [1.54, 1.807) is 18.5 Å². The Morgan fingerprint density at radius 1 is 0.711 bits per heavy atom. The maximum absolute atomic E-state index is 13.2. The van der Waals surface area contributed by atoms with Crippen LogP contribution in [-0.4, -0.2) is 63.4 Å². The zero-order chi connectivity index (χ0) is 32.8. The number of hydrogen-bond acceptors (Lipinski definition) is 8. The van der Waals surface area contributed by atoms with Gasteiger partial charge in [0.1, 0.15) is 21.3 Å². The summed E-state index contributed by atoms with van der Waals surface area (Å²) in [7, 11) is 0. The summed E-state index contributed by atoms with van der Waals surface area (Å²) in [5, 5.41) is 12.4. The van der Waals surface area contributed by atoms with Crippen LogP contribution in [0.2, 0.25) is 15.5 Å². The molecule has 0 aliphatic heterocycles. The molecule has 4 aromatic heterocycles. The van der Waals surface area contributed by atoms with Gasteiger partial charge in [-0.1, -0.05) is 34.8 Å². The lowest BCUT2D eigenvalue weighted by Gasteiger charge is -2.29. The van der Waals surface area contributed by atoms with Crippen molar-refractivity contribution in [3.05, 3.63) is 63.5 Å². The Morgan fingerprint density at radius 3 is 1.56 bits per heavy atom. The third-order valence-electron chi connectivity index (χ3n) is 7.02. The van der Waals surface area contributed by atoms with Crippen LogP contribution in [-0.2, 0) is 0 Å². The molecular weight excluding hydrogens is 659 g/mol. The molecule has 0 atom stereocenters. The van der Waals surface area contributed by atoms with Crippen molar-refractivity contribution in [1.82, 2.24) is 39.5 Å². The Labute approximate surface area is 272 Å². The predicted octanol–water partition coefficient (Wildman–Crippen LogP) is 7.41. The van der Waals surface area contributed by atoms with Crippen LogP contribution in [0.5, 0.6) is 0 Å². The summed E-state index contributed by atoms with van der Waals surface area (Å²) in [4.78, 5) is 16.5. The third-order valence-corrected chi connectivity index (χ3v) is 7.60. The molecule has 3 N–H and O–H groups in total. The molecule has 6 rings (SSSR count). The number of hydrogen-bond donors (Lipinski definition) is 2. The summed E-state index contributed by atoms with van der Waals surface area (Å²) in [5.74, 6) is -3.71. The topological polar surface area (TPSA) is 125 Å². The molecule has 10 nitrogen and oxygen atoms in total. The quantitative estimate of drug-likeness (QED) is 0.167. The standard InChI is InChI=1S/C14H16ClF2N5.C8H6Cl2N4.C6H11F2N/c1-9-4-7-22(21-9)13-19-11(15)8-12(20-13)18-10-2-5-14(16,17)6-3-10;1-5-2-3-14(13-5)8-11-6(9)4-7(10)12-8;7-6(8)3-1-5(9)2-4-6/h4,7-8,10H,2-3,5-6H2,1H3,(H,18,19,20);2-4H,1H3;5H,1-4,9H2. The molecule has 2 aliphatic carbocycles. The van der Waals surface area contributed by atoms with E-state index in [0.717, 1.165) is 11.4 Å². The van der Waals surface area contributed by atoms with E-state index in [-0.39, 0.29) is 42.9 Å². The van der Waals surface area contributed by atoms with Crippen molar-refractivity contribution < 1.29 is 17.6 Å². The van der Waals surface area contributed by atoms with Gasteiger partial charge >= 0.3 is 0 Å². The molecule has 0 aromatic carbocycles. The highest BCUT2D eigenvalue weighted by Crippen LogP contribution is 2.34. The lowest BCUT2D eigenvalue weighted by atomic mass is 9.92. The zero-order valence-corrected chi connectivity index (χ0v) is 26.8. The van der Waals surface area contributed by atoms with Crippen molar-refractivity contribution in [3.63, 3.8) is 0 Å². The highest BCUT2D eigenvalue weighted by atomic mass is 35.5. The van der Waals surface area contributed by atoms with E-state index in [1.807, 2.05) is 26.0 Å². The fourth-order valence-corrected chi connectivity index (χ4v) is 5.17. The first kappa shape index (κ1) is 34.8. The van der Waals surface area contributed by atoms with Gasteiger partial charge in [0.25, 0.3) is 11.9 Å². The van der Waals surface area contributed by atoms with E-state index in [9.17, 15) is 17.6 Å². The summed E-state index contributed by atoms with van der Waals surface area (Å²) in [6.45, 7) is 3.74. The van der Waals surface area contributed by atoms with Crippen LogP contribution < -0.4 is 11.1 Å². The van der Waals surface area contributed by atoms with E-state index in [0.29, 0.717) is 53.7 Å². The highest BCUT2D eigenvalue weighted by Gasteiger charge is 2.35. The molecule has 0 radical (unpaired) electrons. The van der Waals surface area contributed by atoms with Crippen LogP contribution in [0.3, 0.4) is 0 Å². The minimum atomic E-state index is -2.54. The van der Waals surface area contributed by atoms with Gasteiger partial charge in [-0.25, -0.2) is 26.9 Å². The van der Waals surface area contributed by atoms with Gasteiger partial charge in [-0.2, -0.15) is 30.1 Å². The molecule has 2 aliphatic rings. The second-order valence-electron chi connectivity index (χ2n) is 11.0. The maximum Gasteiger partial charge on any atom is 0.253 e. The maximum atomic E-state index is 13.2. The normalized spacial score (nSPS) is 17.9. The van der Waals surface area contributed by atoms with Gasteiger partial charge in [-0.05, 0) is 51.7 Å². The first-order valence-corrected chi connectivity index (χ1v) is 15.4.